The minimum absolute atomic E-state index is 0. The van der Waals surface area contributed by atoms with Crippen LogP contribution in [0.3, 0.4) is 0 Å². The zero-order valence-electron chi connectivity index (χ0n) is 14.8. The molecule has 23 heavy (non-hydrogen) atoms. The molecule has 3 N–H and O–H groups in total. The van der Waals surface area contributed by atoms with E-state index in [1.807, 2.05) is 0 Å². The van der Waals surface area contributed by atoms with E-state index >= 15 is 0 Å². The number of carbonyl (C=O) groups is 1. The van der Waals surface area contributed by atoms with Crippen molar-refractivity contribution in [1.29, 1.82) is 0 Å². The van der Waals surface area contributed by atoms with Gasteiger partial charge in [0.05, 0.1) is 6.04 Å². The van der Waals surface area contributed by atoms with Crippen molar-refractivity contribution >= 4 is 18.3 Å². The van der Waals surface area contributed by atoms with Crippen LogP contribution in [0.5, 0.6) is 0 Å². The predicted molar refractivity (Wildman–Crippen MR) is 98.8 cm³/mol. The Labute approximate surface area is 146 Å². The van der Waals surface area contributed by atoms with Gasteiger partial charge in [-0.1, -0.05) is 51.5 Å². The van der Waals surface area contributed by atoms with Crippen molar-refractivity contribution < 1.29 is 4.79 Å². The van der Waals surface area contributed by atoms with E-state index in [9.17, 15) is 4.79 Å². The van der Waals surface area contributed by atoms with Gasteiger partial charge in [-0.25, -0.2) is 0 Å². The highest BCUT2D eigenvalue weighted by atomic mass is 35.5. The summed E-state index contributed by atoms with van der Waals surface area (Å²) in [6.07, 6.45) is 3.18. The fraction of sp³-hybridized carbons (Fsp3) is 0.632. The molecule has 1 aromatic rings. The van der Waals surface area contributed by atoms with Crippen LogP contribution in [0.1, 0.15) is 64.1 Å². The normalized spacial score (nSPS) is 22.3. The highest BCUT2D eigenvalue weighted by molar-refractivity contribution is 5.85. The quantitative estimate of drug-likeness (QED) is 0.873. The Morgan fingerprint density at radius 3 is 2.39 bits per heavy atom. The van der Waals surface area contributed by atoms with Gasteiger partial charge in [0.15, 0.2) is 0 Å². The maximum Gasteiger partial charge on any atom is 0.223 e. The van der Waals surface area contributed by atoms with Gasteiger partial charge in [-0.15, -0.1) is 12.4 Å². The average Bonchev–Trinajstić information content (AvgIpc) is 2.95. The van der Waals surface area contributed by atoms with Crippen molar-refractivity contribution in [3.05, 3.63) is 35.4 Å². The van der Waals surface area contributed by atoms with Gasteiger partial charge in [-0.05, 0) is 48.8 Å². The summed E-state index contributed by atoms with van der Waals surface area (Å²) in [5, 5.41) is 3.17. The van der Waals surface area contributed by atoms with E-state index in [-0.39, 0.29) is 35.7 Å². The summed E-state index contributed by atoms with van der Waals surface area (Å²) in [6.45, 7) is 9.30. The lowest BCUT2D eigenvalue weighted by molar-refractivity contribution is -0.126. The standard InChI is InChI=1S/C19H30N2O.ClH/c1-13(14-8-10-16(11-9-14)19(2,3)4)21-18(22)17-7-5-6-15(17)12-20;/h8-11,13,15,17H,5-7,12,20H2,1-4H3,(H,21,22);1H/t13?,15-,17-;/m1./s1. The molecule has 1 unspecified atom stereocenters. The summed E-state index contributed by atoms with van der Waals surface area (Å²) in [5.41, 5.74) is 8.41. The number of halogens is 1. The van der Waals surface area contributed by atoms with Crippen LogP contribution in [0.25, 0.3) is 0 Å². The van der Waals surface area contributed by atoms with E-state index in [0.29, 0.717) is 12.5 Å². The van der Waals surface area contributed by atoms with Gasteiger partial charge in [-0.2, -0.15) is 0 Å². The Morgan fingerprint density at radius 2 is 1.87 bits per heavy atom. The van der Waals surface area contributed by atoms with E-state index in [1.54, 1.807) is 0 Å². The van der Waals surface area contributed by atoms with Crippen molar-refractivity contribution in [2.75, 3.05) is 6.54 Å². The third-order valence-corrected chi connectivity index (χ3v) is 4.93. The van der Waals surface area contributed by atoms with E-state index in [1.165, 1.54) is 5.56 Å². The van der Waals surface area contributed by atoms with E-state index in [2.05, 4.69) is 57.3 Å². The molecule has 3 nitrogen and oxygen atoms in total. The van der Waals surface area contributed by atoms with Crippen molar-refractivity contribution in [3.63, 3.8) is 0 Å². The molecular formula is C19H31ClN2O. The first kappa shape index (κ1) is 20.0. The van der Waals surface area contributed by atoms with Crippen molar-refractivity contribution in [1.82, 2.24) is 5.32 Å². The minimum Gasteiger partial charge on any atom is -0.349 e. The summed E-state index contributed by atoms with van der Waals surface area (Å²) < 4.78 is 0. The number of nitrogens with two attached hydrogens (primary N) is 1. The first-order valence-corrected chi connectivity index (χ1v) is 8.44. The number of carbonyl (C=O) groups excluding carboxylic acids is 1. The lowest BCUT2D eigenvalue weighted by atomic mass is 9.86. The van der Waals surface area contributed by atoms with Crippen LogP contribution < -0.4 is 11.1 Å². The fourth-order valence-electron chi connectivity index (χ4n) is 3.34. The molecule has 0 spiro atoms. The number of rotatable bonds is 4. The van der Waals surface area contributed by atoms with Gasteiger partial charge >= 0.3 is 0 Å². The number of hydrogen-bond donors (Lipinski definition) is 2. The van der Waals surface area contributed by atoms with Crippen LogP contribution >= 0.6 is 12.4 Å². The smallest absolute Gasteiger partial charge is 0.223 e. The molecule has 3 atom stereocenters. The molecule has 4 heteroatoms. The van der Waals surface area contributed by atoms with Gasteiger partial charge in [0, 0.05) is 5.92 Å². The molecular weight excluding hydrogens is 308 g/mol. The van der Waals surface area contributed by atoms with Crippen LogP contribution in [-0.2, 0) is 10.2 Å². The zero-order valence-corrected chi connectivity index (χ0v) is 15.6. The van der Waals surface area contributed by atoms with Crippen molar-refractivity contribution in [2.24, 2.45) is 17.6 Å². The molecule has 0 heterocycles. The molecule has 0 bridgehead atoms. The number of hydrogen-bond acceptors (Lipinski definition) is 2. The van der Waals surface area contributed by atoms with Crippen molar-refractivity contribution in [3.8, 4) is 0 Å². The molecule has 1 aliphatic carbocycles. The Kier molecular flexibility index (Phi) is 7.09. The second-order valence-electron chi connectivity index (χ2n) is 7.64. The molecule has 130 valence electrons. The Hall–Kier alpha value is -1.06. The SMILES string of the molecule is CC(NC(=O)[C@@H]1CCC[C@@H]1CN)c1ccc(C(C)(C)C)cc1.Cl. The monoisotopic (exact) mass is 338 g/mol. The summed E-state index contributed by atoms with van der Waals surface area (Å²) in [5.74, 6) is 0.622. The minimum atomic E-state index is 0. The fourth-order valence-corrected chi connectivity index (χ4v) is 3.34. The predicted octanol–water partition coefficient (Wildman–Crippen LogP) is 3.96. The second kappa shape index (κ2) is 8.16. The molecule has 2 rings (SSSR count). The average molecular weight is 339 g/mol. The van der Waals surface area contributed by atoms with Gasteiger partial charge in [0.2, 0.25) is 5.91 Å². The Balaban J connectivity index is 0.00000264. The lowest BCUT2D eigenvalue weighted by Gasteiger charge is -2.23. The lowest BCUT2D eigenvalue weighted by Crippen LogP contribution is -2.36. The molecule has 1 saturated carbocycles. The van der Waals surface area contributed by atoms with Gasteiger partial charge in [-0.3, -0.25) is 4.79 Å². The number of amides is 1. The highest BCUT2D eigenvalue weighted by Gasteiger charge is 2.32. The molecule has 1 fully saturated rings. The van der Waals surface area contributed by atoms with Crippen LogP contribution in [0.4, 0.5) is 0 Å². The van der Waals surface area contributed by atoms with Crippen molar-refractivity contribution in [2.45, 2.75) is 58.4 Å². The van der Waals surface area contributed by atoms with Crippen LogP contribution in [-0.4, -0.2) is 12.5 Å². The summed E-state index contributed by atoms with van der Waals surface area (Å²) in [6, 6.07) is 8.62. The van der Waals surface area contributed by atoms with Crippen LogP contribution in [0.15, 0.2) is 24.3 Å². The molecule has 1 aliphatic rings. The van der Waals surface area contributed by atoms with E-state index in [0.717, 1.165) is 24.8 Å². The summed E-state index contributed by atoms with van der Waals surface area (Å²) in [7, 11) is 0. The maximum atomic E-state index is 12.5. The number of nitrogens with one attached hydrogen (secondary N) is 1. The zero-order chi connectivity index (χ0) is 16.3. The second-order valence-corrected chi connectivity index (χ2v) is 7.64. The summed E-state index contributed by atoms with van der Waals surface area (Å²) >= 11 is 0. The van der Waals surface area contributed by atoms with Crippen LogP contribution in [0, 0.1) is 11.8 Å². The maximum absolute atomic E-state index is 12.5. The Bertz CT molecular complexity index is 507. The van der Waals surface area contributed by atoms with Gasteiger partial charge in [0.25, 0.3) is 0 Å². The van der Waals surface area contributed by atoms with Crippen LogP contribution in [0.2, 0.25) is 0 Å². The molecule has 0 radical (unpaired) electrons. The molecule has 0 aliphatic heterocycles. The van der Waals surface area contributed by atoms with Gasteiger partial charge < -0.3 is 11.1 Å². The first-order valence-electron chi connectivity index (χ1n) is 8.44. The first-order chi connectivity index (χ1) is 10.3. The molecule has 0 saturated heterocycles. The van der Waals surface area contributed by atoms with E-state index < -0.39 is 0 Å². The molecule has 1 amide bonds. The third kappa shape index (κ3) is 4.95. The molecule has 0 aromatic heterocycles. The third-order valence-electron chi connectivity index (χ3n) is 4.93. The largest absolute Gasteiger partial charge is 0.349 e. The summed E-state index contributed by atoms with van der Waals surface area (Å²) in [4.78, 5) is 12.5. The molecule has 1 aromatic carbocycles. The van der Waals surface area contributed by atoms with Gasteiger partial charge in [0.1, 0.15) is 0 Å². The number of benzene rings is 1. The Morgan fingerprint density at radius 1 is 1.26 bits per heavy atom. The highest BCUT2D eigenvalue weighted by Crippen LogP contribution is 2.31. The topological polar surface area (TPSA) is 55.1 Å². The van der Waals surface area contributed by atoms with E-state index in [4.69, 9.17) is 5.73 Å².